The molecule has 1 aliphatic heterocycles. The summed E-state index contributed by atoms with van der Waals surface area (Å²) < 4.78 is 80.5. The molecule has 0 saturated carbocycles. The van der Waals surface area contributed by atoms with Crippen LogP contribution in [0.4, 0.5) is 32.2 Å². The number of benzene rings is 1. The number of rotatable bonds is 4. The Morgan fingerprint density at radius 2 is 1.94 bits per heavy atom. The number of nitrogens with zero attached hydrogens (tertiary/aromatic N) is 3. The first-order chi connectivity index (χ1) is 15.5. The van der Waals surface area contributed by atoms with Crippen LogP contribution in [0.15, 0.2) is 48.8 Å². The zero-order valence-electron chi connectivity index (χ0n) is 17.0. The van der Waals surface area contributed by atoms with Crippen molar-refractivity contribution >= 4 is 22.5 Å². The lowest BCUT2D eigenvalue weighted by Gasteiger charge is -2.39. The number of aromatic nitrogens is 2. The minimum absolute atomic E-state index is 0.0992. The molecule has 2 aromatic heterocycles. The zero-order chi connectivity index (χ0) is 23.8. The van der Waals surface area contributed by atoms with E-state index in [-0.39, 0.29) is 24.8 Å². The van der Waals surface area contributed by atoms with E-state index in [1.54, 1.807) is 30.3 Å². The van der Waals surface area contributed by atoms with E-state index in [4.69, 9.17) is 0 Å². The molecular formula is C22H18F6N4O. The molecule has 0 radical (unpaired) electrons. The lowest BCUT2D eigenvalue weighted by atomic mass is 9.97. The van der Waals surface area contributed by atoms with Gasteiger partial charge in [-0.25, -0.2) is 18.2 Å². The van der Waals surface area contributed by atoms with Gasteiger partial charge in [-0.15, -0.1) is 0 Å². The van der Waals surface area contributed by atoms with Gasteiger partial charge < -0.3 is 10.2 Å². The fourth-order valence-electron chi connectivity index (χ4n) is 3.84. The number of hydrogen-bond donors (Lipinski definition) is 1. The average molecular weight is 468 g/mol. The Morgan fingerprint density at radius 3 is 2.67 bits per heavy atom. The third-order valence-electron chi connectivity index (χ3n) is 5.50. The van der Waals surface area contributed by atoms with Gasteiger partial charge in [-0.1, -0.05) is 24.3 Å². The van der Waals surface area contributed by atoms with Gasteiger partial charge in [0.25, 0.3) is 11.8 Å². The highest BCUT2D eigenvalue weighted by Crippen LogP contribution is 2.34. The highest BCUT2D eigenvalue weighted by Gasteiger charge is 2.42. The Balaban J connectivity index is 1.58. The first kappa shape index (κ1) is 22.8. The van der Waals surface area contributed by atoms with E-state index in [0.717, 1.165) is 5.39 Å². The van der Waals surface area contributed by atoms with E-state index in [2.05, 4.69) is 15.3 Å². The Labute approximate surface area is 184 Å². The summed E-state index contributed by atoms with van der Waals surface area (Å²) in [5, 5.41) is 3.78. The van der Waals surface area contributed by atoms with E-state index in [0.29, 0.717) is 11.6 Å². The summed E-state index contributed by atoms with van der Waals surface area (Å²) >= 11 is 0. The highest BCUT2D eigenvalue weighted by atomic mass is 19.4. The zero-order valence-corrected chi connectivity index (χ0v) is 17.0. The van der Waals surface area contributed by atoms with Crippen LogP contribution < -0.4 is 5.32 Å². The van der Waals surface area contributed by atoms with Gasteiger partial charge >= 0.3 is 6.18 Å². The Hall–Kier alpha value is -3.37. The third kappa shape index (κ3) is 4.86. The predicted molar refractivity (Wildman–Crippen MR) is 108 cm³/mol. The van der Waals surface area contributed by atoms with Gasteiger partial charge in [-0.2, -0.15) is 13.2 Å². The molecule has 1 unspecified atom stereocenters. The minimum atomic E-state index is -4.77. The van der Waals surface area contributed by atoms with Crippen LogP contribution >= 0.6 is 0 Å². The van der Waals surface area contributed by atoms with Gasteiger partial charge in [0.15, 0.2) is 11.6 Å². The molecule has 1 atom stereocenters. The summed E-state index contributed by atoms with van der Waals surface area (Å²) in [4.78, 5) is 22.0. The second kappa shape index (κ2) is 8.53. The second-order valence-corrected chi connectivity index (χ2v) is 7.78. The van der Waals surface area contributed by atoms with Gasteiger partial charge in [-0.3, -0.25) is 9.78 Å². The molecule has 1 saturated heterocycles. The van der Waals surface area contributed by atoms with E-state index in [9.17, 15) is 31.1 Å². The summed E-state index contributed by atoms with van der Waals surface area (Å²) in [6, 6.07) is 7.92. The molecular weight excluding hydrogens is 450 g/mol. The van der Waals surface area contributed by atoms with Crippen LogP contribution in [-0.4, -0.2) is 45.8 Å². The van der Waals surface area contributed by atoms with Crippen molar-refractivity contribution in [1.29, 1.82) is 0 Å². The van der Waals surface area contributed by atoms with Crippen LogP contribution in [0.25, 0.3) is 10.8 Å². The molecule has 1 fully saturated rings. The number of piperidine rings is 1. The normalized spacial score (nSPS) is 18.4. The minimum Gasteiger partial charge on any atom is -0.366 e. The molecule has 1 amide bonds. The fraction of sp³-hybridized carbons (Fsp3) is 0.318. The van der Waals surface area contributed by atoms with Crippen molar-refractivity contribution < 1.29 is 31.1 Å². The topological polar surface area (TPSA) is 58.1 Å². The first-order valence-corrected chi connectivity index (χ1v) is 10.0. The number of alkyl halides is 5. The monoisotopic (exact) mass is 468 g/mol. The van der Waals surface area contributed by atoms with E-state index >= 15 is 0 Å². The van der Waals surface area contributed by atoms with E-state index in [1.165, 1.54) is 11.1 Å². The molecule has 0 spiro atoms. The number of carbonyl (C=O) groups is 1. The summed E-state index contributed by atoms with van der Waals surface area (Å²) in [5.74, 6) is -5.41. The molecule has 5 nitrogen and oxygen atoms in total. The number of amides is 1. The van der Waals surface area contributed by atoms with Crippen LogP contribution in [0.3, 0.4) is 0 Å². The van der Waals surface area contributed by atoms with E-state index < -0.39 is 54.1 Å². The number of halogens is 6. The molecule has 174 valence electrons. The summed E-state index contributed by atoms with van der Waals surface area (Å²) in [6.07, 6.45) is -4.12. The molecule has 1 N–H and O–H groups in total. The second-order valence-electron chi connectivity index (χ2n) is 7.78. The summed E-state index contributed by atoms with van der Waals surface area (Å²) in [6.45, 7) is -0.590. The van der Waals surface area contributed by atoms with Crippen molar-refractivity contribution in [2.24, 2.45) is 0 Å². The molecule has 1 aliphatic rings. The number of anilines is 1. The van der Waals surface area contributed by atoms with Crippen molar-refractivity contribution in [2.75, 3.05) is 18.4 Å². The van der Waals surface area contributed by atoms with Crippen LogP contribution in [0.2, 0.25) is 0 Å². The highest BCUT2D eigenvalue weighted by molar-refractivity contribution is 6.05. The Bertz CT molecular complexity index is 1180. The summed E-state index contributed by atoms with van der Waals surface area (Å²) in [7, 11) is 0. The maximum absolute atomic E-state index is 14.1. The average Bonchev–Trinajstić information content (AvgIpc) is 2.76. The van der Waals surface area contributed by atoms with Crippen molar-refractivity contribution in [2.45, 2.75) is 31.0 Å². The SMILES string of the molecule is O=C(c1nccc2ccccc12)N1CCC(F)(F)CC1CNc1ncc(C(F)(F)F)cc1F. The van der Waals surface area contributed by atoms with Crippen molar-refractivity contribution in [3.8, 4) is 0 Å². The third-order valence-corrected chi connectivity index (χ3v) is 5.50. The standard InChI is InChI=1S/C22H18F6N4O/c23-17-9-14(22(26,27)28)11-30-19(17)31-12-15-10-21(24,25)6-8-32(15)20(33)18-16-4-2-1-3-13(16)5-7-29-18/h1-5,7,9,11,15H,6,8,10,12H2,(H,30,31). The number of hydrogen-bond acceptors (Lipinski definition) is 4. The lowest BCUT2D eigenvalue weighted by Crippen LogP contribution is -2.52. The van der Waals surface area contributed by atoms with Crippen LogP contribution in [-0.2, 0) is 6.18 Å². The van der Waals surface area contributed by atoms with Crippen LogP contribution in [0.1, 0.15) is 28.9 Å². The summed E-state index contributed by atoms with van der Waals surface area (Å²) in [5.41, 5.74) is -1.17. The predicted octanol–water partition coefficient (Wildman–Crippen LogP) is 5.14. The number of likely N-dealkylation sites (tertiary alicyclic amines) is 1. The number of pyridine rings is 2. The molecule has 1 aromatic carbocycles. The number of carbonyl (C=O) groups excluding carboxylic acids is 1. The maximum atomic E-state index is 14.1. The van der Waals surface area contributed by atoms with Gasteiger partial charge in [0, 0.05) is 43.7 Å². The molecule has 3 heterocycles. The van der Waals surface area contributed by atoms with Crippen molar-refractivity contribution in [3.05, 3.63) is 65.9 Å². The molecule has 0 bridgehead atoms. The Morgan fingerprint density at radius 1 is 1.18 bits per heavy atom. The maximum Gasteiger partial charge on any atom is 0.417 e. The fourth-order valence-corrected chi connectivity index (χ4v) is 3.84. The Kier molecular flexibility index (Phi) is 5.89. The van der Waals surface area contributed by atoms with Crippen molar-refractivity contribution in [1.82, 2.24) is 14.9 Å². The lowest BCUT2D eigenvalue weighted by molar-refractivity contribution is -0.138. The molecule has 4 rings (SSSR count). The van der Waals surface area contributed by atoms with Gasteiger partial charge in [0.1, 0.15) is 5.69 Å². The van der Waals surface area contributed by atoms with Gasteiger partial charge in [-0.05, 0) is 17.5 Å². The van der Waals surface area contributed by atoms with Crippen molar-refractivity contribution in [3.63, 3.8) is 0 Å². The molecule has 3 aromatic rings. The van der Waals surface area contributed by atoms with E-state index in [1.807, 2.05) is 0 Å². The first-order valence-electron chi connectivity index (χ1n) is 10.0. The van der Waals surface area contributed by atoms with Gasteiger partial charge in [0.05, 0.1) is 11.6 Å². The molecule has 11 heteroatoms. The largest absolute Gasteiger partial charge is 0.417 e. The van der Waals surface area contributed by atoms with Crippen LogP contribution in [0.5, 0.6) is 0 Å². The quantitative estimate of drug-likeness (QED) is 0.539. The molecule has 0 aliphatic carbocycles. The smallest absolute Gasteiger partial charge is 0.366 e. The van der Waals surface area contributed by atoms with Gasteiger partial charge in [0.2, 0.25) is 0 Å². The number of nitrogens with one attached hydrogen (secondary N) is 1. The van der Waals surface area contributed by atoms with Crippen LogP contribution in [0, 0.1) is 5.82 Å². The number of fused-ring (bicyclic) bond motifs is 1. The molecule has 33 heavy (non-hydrogen) atoms.